The van der Waals surface area contributed by atoms with Crippen LogP contribution < -0.4 is 10.1 Å². The van der Waals surface area contributed by atoms with E-state index < -0.39 is 0 Å². The molecule has 2 heterocycles. The van der Waals surface area contributed by atoms with Crippen molar-refractivity contribution >= 4 is 11.6 Å². The van der Waals surface area contributed by atoms with Crippen LogP contribution in [0.2, 0.25) is 5.02 Å². The molecule has 1 atom stereocenters. The van der Waals surface area contributed by atoms with Gasteiger partial charge in [0.25, 0.3) is 5.89 Å². The van der Waals surface area contributed by atoms with E-state index in [9.17, 15) is 0 Å². The first-order chi connectivity index (χ1) is 10.2. The topological polar surface area (TPSA) is 63.4 Å². The Kier molecular flexibility index (Phi) is 4.10. The number of rotatable bonds is 3. The monoisotopic (exact) mass is 308 g/mol. The first kappa shape index (κ1) is 14.3. The number of hydrogen-bond donors (Lipinski definition) is 1. The molecule has 0 spiro atoms. The van der Waals surface area contributed by atoms with Crippen LogP contribution in [0.5, 0.6) is 5.75 Å². The zero-order valence-corrected chi connectivity index (χ0v) is 12.7. The molecule has 6 nitrogen and oxygen atoms in total. The van der Waals surface area contributed by atoms with Gasteiger partial charge in [0.05, 0.1) is 18.7 Å². The highest BCUT2D eigenvalue weighted by molar-refractivity contribution is 6.30. The standard InChI is InChI=1S/C14H17ClN4O2/c1-19-6-5-16-8-11(19)13-17-14(21-18-13)10-7-9(15)3-4-12(10)20-2/h3-4,7,11,16H,5-6,8H2,1-2H3. The molecule has 0 radical (unpaired) electrons. The second kappa shape index (κ2) is 6.01. The van der Waals surface area contributed by atoms with Crippen molar-refractivity contribution in [2.45, 2.75) is 6.04 Å². The van der Waals surface area contributed by atoms with Gasteiger partial charge in [-0.1, -0.05) is 16.8 Å². The normalized spacial score (nSPS) is 19.7. The number of benzene rings is 1. The Morgan fingerprint density at radius 1 is 1.48 bits per heavy atom. The van der Waals surface area contributed by atoms with E-state index in [4.69, 9.17) is 20.9 Å². The average Bonchev–Trinajstić information content (AvgIpc) is 2.97. The Hall–Kier alpha value is -1.63. The van der Waals surface area contributed by atoms with Crippen molar-refractivity contribution in [1.29, 1.82) is 0 Å². The molecule has 3 rings (SSSR count). The highest BCUT2D eigenvalue weighted by atomic mass is 35.5. The lowest BCUT2D eigenvalue weighted by Gasteiger charge is -2.30. The molecule has 112 valence electrons. The lowest BCUT2D eigenvalue weighted by Crippen LogP contribution is -2.44. The third-order valence-corrected chi connectivity index (χ3v) is 3.88. The van der Waals surface area contributed by atoms with Crippen LogP contribution in [0.1, 0.15) is 11.9 Å². The number of methoxy groups -OCH3 is 1. The fraction of sp³-hybridized carbons (Fsp3) is 0.429. The summed E-state index contributed by atoms with van der Waals surface area (Å²) in [5, 5.41) is 8.04. The van der Waals surface area contributed by atoms with Gasteiger partial charge in [-0.25, -0.2) is 0 Å². The van der Waals surface area contributed by atoms with E-state index >= 15 is 0 Å². The Bertz CT molecular complexity index is 631. The summed E-state index contributed by atoms with van der Waals surface area (Å²) in [5.41, 5.74) is 0.704. The highest BCUT2D eigenvalue weighted by Crippen LogP contribution is 2.32. The van der Waals surface area contributed by atoms with E-state index in [1.165, 1.54) is 0 Å². The van der Waals surface area contributed by atoms with Crippen molar-refractivity contribution < 1.29 is 9.26 Å². The zero-order chi connectivity index (χ0) is 14.8. The molecule has 1 aromatic heterocycles. The van der Waals surface area contributed by atoms with Gasteiger partial charge in [-0.3, -0.25) is 4.90 Å². The molecular weight excluding hydrogens is 292 g/mol. The lowest BCUT2D eigenvalue weighted by molar-refractivity contribution is 0.190. The molecule has 1 fully saturated rings. The number of aromatic nitrogens is 2. The van der Waals surface area contributed by atoms with Crippen LogP contribution in [-0.2, 0) is 0 Å². The number of nitrogens with zero attached hydrogens (tertiary/aromatic N) is 3. The van der Waals surface area contributed by atoms with Gasteiger partial charge in [0, 0.05) is 24.7 Å². The Morgan fingerprint density at radius 3 is 3.10 bits per heavy atom. The second-order valence-electron chi connectivity index (χ2n) is 5.00. The SMILES string of the molecule is COc1ccc(Cl)cc1-c1nc(C2CNCCN2C)no1. The predicted molar refractivity (Wildman–Crippen MR) is 79.5 cm³/mol. The molecule has 1 aromatic carbocycles. The van der Waals surface area contributed by atoms with E-state index in [1.807, 2.05) is 0 Å². The molecule has 0 amide bonds. The summed E-state index contributed by atoms with van der Waals surface area (Å²) in [6.45, 7) is 2.73. The zero-order valence-electron chi connectivity index (χ0n) is 12.0. The van der Waals surface area contributed by atoms with E-state index in [2.05, 4.69) is 27.4 Å². The van der Waals surface area contributed by atoms with Gasteiger partial charge in [0.1, 0.15) is 5.75 Å². The van der Waals surface area contributed by atoms with Gasteiger partial charge in [-0.2, -0.15) is 4.98 Å². The fourth-order valence-electron chi connectivity index (χ4n) is 2.42. The predicted octanol–water partition coefficient (Wildman–Crippen LogP) is 1.97. The first-order valence-corrected chi connectivity index (χ1v) is 7.15. The second-order valence-corrected chi connectivity index (χ2v) is 5.44. The minimum atomic E-state index is 0.112. The van der Waals surface area contributed by atoms with E-state index in [0.29, 0.717) is 28.1 Å². The molecule has 1 saturated heterocycles. The molecule has 1 unspecified atom stereocenters. The molecule has 0 saturated carbocycles. The summed E-state index contributed by atoms with van der Waals surface area (Å²) in [6, 6.07) is 5.43. The molecule has 0 bridgehead atoms. The van der Waals surface area contributed by atoms with Crippen molar-refractivity contribution in [3.63, 3.8) is 0 Å². The van der Waals surface area contributed by atoms with Gasteiger partial charge >= 0.3 is 0 Å². The average molecular weight is 309 g/mol. The maximum absolute atomic E-state index is 6.04. The van der Waals surface area contributed by atoms with Crippen molar-refractivity contribution in [3.05, 3.63) is 29.0 Å². The lowest BCUT2D eigenvalue weighted by atomic mass is 10.2. The van der Waals surface area contributed by atoms with Gasteiger partial charge in [-0.15, -0.1) is 0 Å². The molecule has 0 aliphatic carbocycles. The van der Waals surface area contributed by atoms with Gasteiger partial charge in [-0.05, 0) is 25.2 Å². The number of likely N-dealkylation sites (N-methyl/N-ethyl adjacent to an activating group) is 1. The molecule has 7 heteroatoms. The Balaban J connectivity index is 1.93. The minimum Gasteiger partial charge on any atom is -0.496 e. The Morgan fingerprint density at radius 2 is 2.33 bits per heavy atom. The first-order valence-electron chi connectivity index (χ1n) is 6.77. The van der Waals surface area contributed by atoms with Crippen LogP contribution >= 0.6 is 11.6 Å². The summed E-state index contributed by atoms with van der Waals surface area (Å²) in [5.74, 6) is 1.75. The minimum absolute atomic E-state index is 0.112. The van der Waals surface area contributed by atoms with Crippen LogP contribution in [-0.4, -0.2) is 48.8 Å². The van der Waals surface area contributed by atoms with Crippen molar-refractivity contribution in [1.82, 2.24) is 20.4 Å². The van der Waals surface area contributed by atoms with Gasteiger partial charge in [0.15, 0.2) is 5.82 Å². The summed E-state index contributed by atoms with van der Waals surface area (Å²) in [7, 11) is 3.66. The largest absolute Gasteiger partial charge is 0.496 e. The number of ether oxygens (including phenoxy) is 1. The molecule has 21 heavy (non-hydrogen) atoms. The summed E-state index contributed by atoms with van der Waals surface area (Å²) >= 11 is 6.04. The number of piperazine rings is 1. The third kappa shape index (κ3) is 2.88. The maximum atomic E-state index is 6.04. The van der Waals surface area contributed by atoms with Crippen LogP contribution in [0.4, 0.5) is 0 Å². The summed E-state index contributed by atoms with van der Waals surface area (Å²) in [6.07, 6.45) is 0. The van der Waals surface area contributed by atoms with Gasteiger partial charge < -0.3 is 14.6 Å². The molecule has 1 aliphatic heterocycles. The van der Waals surface area contributed by atoms with Crippen molar-refractivity contribution in [3.8, 4) is 17.2 Å². The molecular formula is C14H17ClN4O2. The smallest absolute Gasteiger partial charge is 0.261 e. The molecule has 2 aromatic rings. The van der Waals surface area contributed by atoms with Crippen LogP contribution in [0.3, 0.4) is 0 Å². The number of nitrogens with one attached hydrogen (secondary N) is 1. The Labute approximate surface area is 128 Å². The summed E-state index contributed by atoms with van der Waals surface area (Å²) in [4.78, 5) is 6.71. The molecule has 1 aliphatic rings. The summed E-state index contributed by atoms with van der Waals surface area (Å²) < 4.78 is 10.7. The third-order valence-electron chi connectivity index (χ3n) is 3.64. The van der Waals surface area contributed by atoms with Crippen LogP contribution in [0, 0.1) is 0 Å². The van der Waals surface area contributed by atoms with Crippen LogP contribution in [0.15, 0.2) is 22.7 Å². The van der Waals surface area contributed by atoms with Crippen molar-refractivity contribution in [2.75, 3.05) is 33.8 Å². The fourth-order valence-corrected chi connectivity index (χ4v) is 2.59. The van der Waals surface area contributed by atoms with Crippen molar-refractivity contribution in [2.24, 2.45) is 0 Å². The highest BCUT2D eigenvalue weighted by Gasteiger charge is 2.26. The molecule has 1 N–H and O–H groups in total. The van der Waals surface area contributed by atoms with E-state index in [1.54, 1.807) is 25.3 Å². The van der Waals surface area contributed by atoms with E-state index in [0.717, 1.165) is 19.6 Å². The van der Waals surface area contributed by atoms with Gasteiger partial charge in [0.2, 0.25) is 0 Å². The maximum Gasteiger partial charge on any atom is 0.261 e. The number of halogens is 1. The van der Waals surface area contributed by atoms with E-state index in [-0.39, 0.29) is 6.04 Å². The quantitative estimate of drug-likeness (QED) is 0.935. The van der Waals surface area contributed by atoms with Crippen LogP contribution in [0.25, 0.3) is 11.5 Å². The number of hydrogen-bond acceptors (Lipinski definition) is 6.